The third kappa shape index (κ3) is 4.83. The van der Waals surface area contributed by atoms with Gasteiger partial charge in [-0.25, -0.2) is 0 Å². The minimum Gasteiger partial charge on any atom is -0.356 e. The minimum absolute atomic E-state index is 1.07. The molecule has 0 saturated carbocycles. The first kappa shape index (κ1) is 25.8. The van der Waals surface area contributed by atoms with Crippen LogP contribution in [-0.2, 0) is 0 Å². The highest BCUT2D eigenvalue weighted by Crippen LogP contribution is 2.36. The summed E-state index contributed by atoms with van der Waals surface area (Å²) in [6, 6.07) is 62.8. The maximum atomic E-state index is 3.48. The van der Waals surface area contributed by atoms with E-state index in [1.807, 2.05) is 18.2 Å². The summed E-state index contributed by atoms with van der Waals surface area (Å²) >= 11 is 0. The van der Waals surface area contributed by atoms with Gasteiger partial charge >= 0.3 is 0 Å². The highest BCUT2D eigenvalue weighted by atomic mass is 15.0. The van der Waals surface area contributed by atoms with Gasteiger partial charge in [0.1, 0.15) is 0 Å². The first-order valence-corrected chi connectivity index (χ1v) is 15.0. The first-order valence-electron chi connectivity index (χ1n) is 15.0. The molecule has 1 N–H and O–H groups in total. The van der Waals surface area contributed by atoms with Gasteiger partial charge in [0, 0.05) is 27.8 Å². The van der Waals surface area contributed by atoms with Gasteiger partial charge < -0.3 is 9.88 Å². The lowest BCUT2D eigenvalue weighted by atomic mass is 9.99. The average molecular weight is 563 g/mol. The van der Waals surface area contributed by atoms with Gasteiger partial charge in [0.05, 0.1) is 11.0 Å². The summed E-state index contributed by atoms with van der Waals surface area (Å²) in [6.45, 7) is 0. The van der Waals surface area contributed by atoms with Gasteiger partial charge in [-0.2, -0.15) is 0 Å². The van der Waals surface area contributed by atoms with E-state index in [-0.39, 0.29) is 0 Å². The Morgan fingerprint density at radius 2 is 0.818 bits per heavy atom. The lowest BCUT2D eigenvalue weighted by Crippen LogP contribution is -1.94. The van der Waals surface area contributed by atoms with E-state index in [1.54, 1.807) is 0 Å². The molecule has 208 valence electrons. The Morgan fingerprint density at radius 3 is 1.55 bits per heavy atom. The molecule has 0 fully saturated rings. The van der Waals surface area contributed by atoms with Crippen molar-refractivity contribution in [2.75, 3.05) is 5.32 Å². The molecular formula is C42H30N2. The Bertz CT molecular complexity index is 2210. The maximum absolute atomic E-state index is 3.48. The molecule has 44 heavy (non-hydrogen) atoms. The largest absolute Gasteiger partial charge is 0.356 e. The van der Waals surface area contributed by atoms with Gasteiger partial charge in [-0.1, -0.05) is 121 Å². The number of aromatic nitrogens is 1. The van der Waals surface area contributed by atoms with Crippen molar-refractivity contribution < 1.29 is 0 Å². The van der Waals surface area contributed by atoms with E-state index in [2.05, 4.69) is 168 Å². The van der Waals surface area contributed by atoms with Crippen molar-refractivity contribution in [1.82, 2.24) is 4.57 Å². The number of fused-ring (bicyclic) bond motifs is 3. The molecule has 0 saturated heterocycles. The molecule has 0 aliphatic rings. The number of nitrogens with zero attached hydrogens (tertiary/aromatic N) is 1. The van der Waals surface area contributed by atoms with Crippen LogP contribution in [0, 0.1) is 0 Å². The summed E-state index contributed by atoms with van der Waals surface area (Å²) in [5, 5.41) is 6.00. The van der Waals surface area contributed by atoms with Gasteiger partial charge in [-0.05, 0) is 88.0 Å². The number of hydrogen-bond donors (Lipinski definition) is 1. The highest BCUT2D eigenvalue weighted by molar-refractivity contribution is 6.10. The lowest BCUT2D eigenvalue weighted by molar-refractivity contribution is 1.18. The molecule has 1 aromatic heterocycles. The SMILES string of the molecule is c1ccc(Nc2ccc(-c3ccc4c5ccccc5n(-c5ccc(-c6cccc(-c7ccccc7)c6)cc5)c4c3)cc2)cc1. The van der Waals surface area contributed by atoms with Crippen LogP contribution in [0.2, 0.25) is 0 Å². The topological polar surface area (TPSA) is 17.0 Å². The van der Waals surface area contributed by atoms with Crippen LogP contribution < -0.4 is 5.32 Å². The molecule has 0 spiro atoms. The van der Waals surface area contributed by atoms with Gasteiger partial charge in [-0.3, -0.25) is 0 Å². The van der Waals surface area contributed by atoms with Crippen LogP contribution in [0.4, 0.5) is 11.4 Å². The zero-order valence-corrected chi connectivity index (χ0v) is 24.2. The van der Waals surface area contributed by atoms with Crippen molar-refractivity contribution >= 4 is 33.2 Å². The number of para-hydroxylation sites is 2. The fraction of sp³-hybridized carbons (Fsp3) is 0. The molecule has 2 nitrogen and oxygen atoms in total. The van der Waals surface area contributed by atoms with Gasteiger partial charge in [0.2, 0.25) is 0 Å². The highest BCUT2D eigenvalue weighted by Gasteiger charge is 2.13. The molecule has 0 atom stereocenters. The molecule has 0 bridgehead atoms. The fourth-order valence-electron chi connectivity index (χ4n) is 6.17. The normalized spacial score (nSPS) is 11.2. The van der Waals surface area contributed by atoms with E-state index in [0.29, 0.717) is 0 Å². The summed E-state index contributed by atoms with van der Waals surface area (Å²) < 4.78 is 2.39. The third-order valence-electron chi connectivity index (χ3n) is 8.38. The zero-order valence-electron chi connectivity index (χ0n) is 24.2. The van der Waals surface area contributed by atoms with Crippen LogP contribution in [-0.4, -0.2) is 4.57 Å². The molecule has 8 rings (SSSR count). The third-order valence-corrected chi connectivity index (χ3v) is 8.38. The Morgan fingerprint density at radius 1 is 0.318 bits per heavy atom. The van der Waals surface area contributed by atoms with Crippen molar-refractivity contribution in [2.24, 2.45) is 0 Å². The van der Waals surface area contributed by atoms with Crippen LogP contribution in [0.1, 0.15) is 0 Å². The molecule has 2 heteroatoms. The van der Waals surface area contributed by atoms with E-state index in [0.717, 1.165) is 17.1 Å². The Hall–Kier alpha value is -5.86. The van der Waals surface area contributed by atoms with E-state index in [1.165, 1.54) is 55.2 Å². The van der Waals surface area contributed by atoms with Gasteiger partial charge in [-0.15, -0.1) is 0 Å². The summed E-state index contributed by atoms with van der Waals surface area (Å²) in [4.78, 5) is 0. The van der Waals surface area contributed by atoms with E-state index < -0.39 is 0 Å². The van der Waals surface area contributed by atoms with Crippen molar-refractivity contribution in [3.63, 3.8) is 0 Å². The quantitative estimate of drug-likeness (QED) is 0.213. The van der Waals surface area contributed by atoms with Crippen LogP contribution >= 0.6 is 0 Å². The molecule has 8 aromatic rings. The van der Waals surface area contributed by atoms with Crippen molar-refractivity contribution in [3.8, 4) is 39.1 Å². The first-order chi connectivity index (χ1) is 21.8. The molecule has 0 radical (unpaired) electrons. The predicted molar refractivity (Wildman–Crippen MR) is 187 cm³/mol. The second kappa shape index (κ2) is 11.1. The lowest BCUT2D eigenvalue weighted by Gasteiger charge is -2.11. The number of hydrogen-bond acceptors (Lipinski definition) is 1. The van der Waals surface area contributed by atoms with E-state index in [4.69, 9.17) is 0 Å². The van der Waals surface area contributed by atoms with Crippen molar-refractivity contribution in [1.29, 1.82) is 0 Å². The van der Waals surface area contributed by atoms with Crippen LogP contribution in [0.3, 0.4) is 0 Å². The molecule has 0 aliphatic heterocycles. The van der Waals surface area contributed by atoms with Crippen molar-refractivity contribution in [2.45, 2.75) is 0 Å². The monoisotopic (exact) mass is 562 g/mol. The summed E-state index contributed by atoms with van der Waals surface area (Å²) in [7, 11) is 0. The summed E-state index contributed by atoms with van der Waals surface area (Å²) in [5.41, 5.74) is 13.0. The summed E-state index contributed by atoms with van der Waals surface area (Å²) in [6.07, 6.45) is 0. The zero-order chi connectivity index (χ0) is 29.3. The predicted octanol–water partition coefficient (Wildman–Crippen LogP) is 11.5. The minimum atomic E-state index is 1.07. The maximum Gasteiger partial charge on any atom is 0.0547 e. The molecule has 1 heterocycles. The molecule has 0 aliphatic carbocycles. The van der Waals surface area contributed by atoms with Crippen molar-refractivity contribution in [3.05, 3.63) is 176 Å². The smallest absolute Gasteiger partial charge is 0.0547 e. The van der Waals surface area contributed by atoms with Crippen LogP contribution in [0.5, 0.6) is 0 Å². The van der Waals surface area contributed by atoms with Crippen LogP contribution in [0.25, 0.3) is 60.9 Å². The van der Waals surface area contributed by atoms with Crippen LogP contribution in [0.15, 0.2) is 176 Å². The fourth-order valence-corrected chi connectivity index (χ4v) is 6.17. The Balaban J connectivity index is 1.16. The number of rotatable bonds is 6. The number of nitrogens with one attached hydrogen (secondary N) is 1. The number of anilines is 2. The van der Waals surface area contributed by atoms with Gasteiger partial charge in [0.25, 0.3) is 0 Å². The number of benzene rings is 7. The molecule has 7 aromatic carbocycles. The Labute approximate surface area is 257 Å². The molecular weight excluding hydrogens is 532 g/mol. The van der Waals surface area contributed by atoms with E-state index >= 15 is 0 Å². The summed E-state index contributed by atoms with van der Waals surface area (Å²) in [5.74, 6) is 0. The van der Waals surface area contributed by atoms with E-state index in [9.17, 15) is 0 Å². The Kier molecular flexibility index (Phi) is 6.51. The average Bonchev–Trinajstić information content (AvgIpc) is 3.43. The van der Waals surface area contributed by atoms with Gasteiger partial charge in [0.15, 0.2) is 0 Å². The molecule has 0 unspecified atom stereocenters. The molecule has 0 amide bonds. The second-order valence-electron chi connectivity index (χ2n) is 11.1. The second-order valence-corrected chi connectivity index (χ2v) is 11.1. The standard InChI is InChI=1S/C42H30N2/c1-3-10-30(11-4-1)33-12-9-13-34(28-33)32-20-25-38(26-21-32)44-41-17-8-7-16-39(41)40-27-22-35(29-42(40)44)31-18-23-37(24-19-31)43-36-14-5-2-6-15-36/h1-29,43H.